The molecule has 134 valence electrons. The lowest BCUT2D eigenvalue weighted by atomic mass is 9.82. The minimum atomic E-state index is 0.126. The van der Waals surface area contributed by atoms with E-state index < -0.39 is 0 Å². The van der Waals surface area contributed by atoms with Gasteiger partial charge in [-0.25, -0.2) is 0 Å². The number of aryl methyl sites for hydroxylation is 1. The maximum atomic E-state index is 12.6. The van der Waals surface area contributed by atoms with Crippen LogP contribution in [0.25, 0.3) is 21.5 Å². The highest BCUT2D eigenvalue weighted by Gasteiger charge is 2.24. The number of nitrogens with zero attached hydrogens (tertiary/aromatic N) is 4. The van der Waals surface area contributed by atoms with E-state index in [0.29, 0.717) is 6.42 Å². The quantitative estimate of drug-likeness (QED) is 0.761. The molecule has 0 unspecified atom stereocenters. The van der Waals surface area contributed by atoms with Crippen molar-refractivity contribution in [3.63, 3.8) is 0 Å². The van der Waals surface area contributed by atoms with E-state index in [0.717, 1.165) is 57.9 Å². The summed E-state index contributed by atoms with van der Waals surface area (Å²) >= 11 is 1.54. The van der Waals surface area contributed by atoms with E-state index in [1.165, 1.54) is 0 Å². The van der Waals surface area contributed by atoms with Crippen molar-refractivity contribution in [2.24, 2.45) is 11.7 Å². The van der Waals surface area contributed by atoms with Gasteiger partial charge in [0.2, 0.25) is 0 Å². The lowest BCUT2D eigenvalue weighted by Gasteiger charge is -2.24. The van der Waals surface area contributed by atoms with Crippen LogP contribution in [0.3, 0.4) is 0 Å². The van der Waals surface area contributed by atoms with E-state index in [-0.39, 0.29) is 17.7 Å². The number of fused-ring (bicyclic) bond motifs is 1. The summed E-state index contributed by atoms with van der Waals surface area (Å²) in [5.74, 6) is 0.397. The van der Waals surface area contributed by atoms with Gasteiger partial charge < -0.3 is 5.73 Å². The van der Waals surface area contributed by atoms with E-state index in [1.807, 2.05) is 19.1 Å². The number of hydrogen-bond donors (Lipinski definition) is 1. The monoisotopic (exact) mass is 367 g/mol. The zero-order chi connectivity index (χ0) is 18.1. The summed E-state index contributed by atoms with van der Waals surface area (Å²) in [5.41, 5.74) is 8.48. The maximum absolute atomic E-state index is 12.6. The van der Waals surface area contributed by atoms with Crippen molar-refractivity contribution in [1.82, 2.24) is 20.2 Å². The highest BCUT2D eigenvalue weighted by Crippen LogP contribution is 2.27. The van der Waals surface area contributed by atoms with Gasteiger partial charge in [0, 0.05) is 41.2 Å². The van der Waals surface area contributed by atoms with Crippen molar-refractivity contribution in [3.8, 4) is 10.6 Å². The molecule has 1 fully saturated rings. The summed E-state index contributed by atoms with van der Waals surface area (Å²) in [5, 5.41) is 11.0. The lowest BCUT2D eigenvalue weighted by molar-refractivity contribution is -0.123. The van der Waals surface area contributed by atoms with Crippen LogP contribution in [-0.4, -0.2) is 32.0 Å². The van der Waals surface area contributed by atoms with Gasteiger partial charge in [-0.15, -0.1) is 10.2 Å². The van der Waals surface area contributed by atoms with E-state index in [9.17, 15) is 4.79 Å². The Morgan fingerprint density at radius 3 is 2.69 bits per heavy atom. The van der Waals surface area contributed by atoms with Crippen LogP contribution in [0.4, 0.5) is 0 Å². The Bertz CT molecular complexity index is 946. The van der Waals surface area contributed by atoms with E-state index in [4.69, 9.17) is 5.73 Å². The summed E-state index contributed by atoms with van der Waals surface area (Å²) in [6.45, 7) is 1.93. The van der Waals surface area contributed by atoms with Crippen LogP contribution < -0.4 is 5.73 Å². The molecule has 0 spiro atoms. The average molecular weight is 367 g/mol. The second kappa shape index (κ2) is 7.17. The van der Waals surface area contributed by atoms with E-state index in [1.54, 1.807) is 23.7 Å². The van der Waals surface area contributed by atoms with Gasteiger partial charge in [0.15, 0.2) is 0 Å². The minimum absolute atomic E-state index is 0.126. The van der Waals surface area contributed by atoms with Crippen molar-refractivity contribution in [3.05, 3.63) is 35.2 Å². The molecule has 0 aliphatic heterocycles. The van der Waals surface area contributed by atoms with Crippen LogP contribution in [0.15, 0.2) is 24.5 Å². The van der Waals surface area contributed by atoms with Crippen molar-refractivity contribution >= 4 is 28.0 Å². The fourth-order valence-electron chi connectivity index (χ4n) is 3.47. The van der Waals surface area contributed by atoms with Gasteiger partial charge in [0.25, 0.3) is 0 Å². The first-order valence-corrected chi connectivity index (χ1v) is 9.73. The van der Waals surface area contributed by atoms with Gasteiger partial charge in [-0.3, -0.25) is 14.8 Å². The van der Waals surface area contributed by atoms with Crippen molar-refractivity contribution in [2.45, 2.75) is 45.1 Å². The fraction of sp³-hybridized carbons (Fsp3) is 0.421. The maximum Gasteiger partial charge on any atom is 0.149 e. The third kappa shape index (κ3) is 3.64. The second-order valence-electron chi connectivity index (χ2n) is 6.97. The van der Waals surface area contributed by atoms with Gasteiger partial charge >= 0.3 is 0 Å². The minimum Gasteiger partial charge on any atom is -0.328 e. The summed E-state index contributed by atoms with van der Waals surface area (Å²) in [6.07, 6.45) is 7.58. The topological polar surface area (TPSA) is 94.6 Å². The summed E-state index contributed by atoms with van der Waals surface area (Å²) in [4.78, 5) is 21.5. The molecular formula is C19H21N5OS. The van der Waals surface area contributed by atoms with Crippen LogP contribution in [0.2, 0.25) is 0 Å². The number of Topliss-reactive ketones (excluding diaryl/α,β-unsaturated/α-hetero) is 1. The highest BCUT2D eigenvalue weighted by atomic mass is 32.1. The molecule has 1 aliphatic rings. The Kier molecular flexibility index (Phi) is 4.74. The molecule has 6 nitrogen and oxygen atoms in total. The van der Waals surface area contributed by atoms with Crippen molar-refractivity contribution in [2.75, 3.05) is 0 Å². The molecule has 0 bridgehead atoms. The molecule has 3 heterocycles. The molecule has 4 rings (SSSR count). The second-order valence-corrected chi connectivity index (χ2v) is 8.16. The Morgan fingerprint density at radius 2 is 1.96 bits per heavy atom. The SMILES string of the molecule is Cc1nnc(-c2cnc3cnc(CC(=O)C4CCC(N)CC4)cc3c2)s1. The molecular weight excluding hydrogens is 346 g/mol. The fourth-order valence-corrected chi connectivity index (χ4v) is 4.14. The normalized spacial score (nSPS) is 20.4. The smallest absolute Gasteiger partial charge is 0.149 e. The van der Waals surface area contributed by atoms with Gasteiger partial charge in [-0.2, -0.15) is 0 Å². The van der Waals surface area contributed by atoms with Crippen LogP contribution in [0.5, 0.6) is 0 Å². The van der Waals surface area contributed by atoms with Gasteiger partial charge in [-0.1, -0.05) is 11.3 Å². The number of nitrogens with two attached hydrogens (primary N) is 1. The first-order chi connectivity index (χ1) is 12.6. The zero-order valence-electron chi connectivity index (χ0n) is 14.7. The molecule has 2 N–H and O–H groups in total. The number of carbonyl (C=O) groups excluding carboxylic acids is 1. The van der Waals surface area contributed by atoms with Crippen LogP contribution >= 0.6 is 11.3 Å². The highest BCUT2D eigenvalue weighted by molar-refractivity contribution is 7.14. The molecule has 3 aromatic rings. The molecule has 0 atom stereocenters. The zero-order valence-corrected chi connectivity index (χ0v) is 15.5. The van der Waals surface area contributed by atoms with Crippen LogP contribution in [0.1, 0.15) is 36.4 Å². The van der Waals surface area contributed by atoms with Crippen molar-refractivity contribution < 1.29 is 4.79 Å². The Hall–Kier alpha value is -2.25. The largest absolute Gasteiger partial charge is 0.328 e. The van der Waals surface area contributed by atoms with E-state index in [2.05, 4.69) is 20.2 Å². The molecule has 3 aromatic heterocycles. The molecule has 0 radical (unpaired) electrons. The van der Waals surface area contributed by atoms with Gasteiger partial charge in [-0.05, 0) is 44.7 Å². The number of ketones is 1. The molecule has 7 heteroatoms. The number of pyridine rings is 2. The first kappa shape index (κ1) is 17.2. The third-order valence-electron chi connectivity index (χ3n) is 4.98. The standard InChI is InChI=1S/C19H21N5OS/c1-11-23-24-19(26-11)14-6-13-7-16(21-10-17(13)22-9-14)8-18(25)12-2-4-15(20)5-3-12/h6-7,9-10,12,15H,2-5,8,20H2,1H3. The van der Waals surface area contributed by atoms with Crippen LogP contribution in [0, 0.1) is 12.8 Å². The number of aromatic nitrogens is 4. The number of hydrogen-bond acceptors (Lipinski definition) is 7. The molecule has 1 aliphatic carbocycles. The Labute approximate surface area is 155 Å². The summed E-state index contributed by atoms with van der Waals surface area (Å²) in [6, 6.07) is 4.26. The summed E-state index contributed by atoms with van der Waals surface area (Å²) < 4.78 is 0. The number of carbonyl (C=O) groups is 1. The van der Waals surface area contributed by atoms with Crippen LogP contribution in [-0.2, 0) is 11.2 Å². The lowest BCUT2D eigenvalue weighted by Crippen LogP contribution is -2.30. The average Bonchev–Trinajstić information content (AvgIpc) is 3.08. The Morgan fingerprint density at radius 1 is 1.15 bits per heavy atom. The molecule has 0 saturated heterocycles. The number of rotatable bonds is 4. The van der Waals surface area contributed by atoms with Crippen molar-refractivity contribution in [1.29, 1.82) is 0 Å². The molecule has 0 aromatic carbocycles. The third-order valence-corrected chi connectivity index (χ3v) is 5.87. The molecule has 0 amide bonds. The predicted octanol–water partition coefficient (Wildman–Crippen LogP) is 3.09. The predicted molar refractivity (Wildman–Crippen MR) is 102 cm³/mol. The first-order valence-electron chi connectivity index (χ1n) is 8.92. The summed E-state index contributed by atoms with van der Waals surface area (Å²) in [7, 11) is 0. The molecule has 1 saturated carbocycles. The van der Waals surface area contributed by atoms with Gasteiger partial charge in [0.1, 0.15) is 15.8 Å². The Balaban J connectivity index is 1.55. The van der Waals surface area contributed by atoms with E-state index >= 15 is 0 Å². The molecule has 26 heavy (non-hydrogen) atoms. The van der Waals surface area contributed by atoms with Gasteiger partial charge in [0.05, 0.1) is 11.7 Å².